The van der Waals surface area contributed by atoms with Gasteiger partial charge in [-0.2, -0.15) is 5.10 Å². The van der Waals surface area contributed by atoms with Gasteiger partial charge in [0.25, 0.3) is 0 Å². The Kier molecular flexibility index (Phi) is 4.49. The lowest BCUT2D eigenvalue weighted by Gasteiger charge is -2.32. The third-order valence-electron chi connectivity index (χ3n) is 4.30. The number of halogens is 2. The highest BCUT2D eigenvalue weighted by Gasteiger charge is 2.24. The Hall–Kier alpha value is -1.79. The van der Waals surface area contributed by atoms with E-state index in [4.69, 9.17) is 0 Å². The van der Waals surface area contributed by atoms with Crippen LogP contribution < -0.4 is 0 Å². The van der Waals surface area contributed by atoms with E-state index in [0.717, 1.165) is 49.8 Å². The van der Waals surface area contributed by atoms with Crippen molar-refractivity contribution in [3.8, 4) is 0 Å². The number of nitrogens with one attached hydrogen (secondary N) is 1. The van der Waals surface area contributed by atoms with Crippen molar-refractivity contribution >= 4 is 0 Å². The highest BCUT2D eigenvalue weighted by molar-refractivity contribution is 5.21. The molecule has 1 aliphatic heterocycles. The molecule has 1 saturated heterocycles. The molecule has 6 heteroatoms. The number of aliphatic hydroxyl groups excluding tert-OH is 1. The third-order valence-corrected chi connectivity index (χ3v) is 4.30. The van der Waals surface area contributed by atoms with Crippen LogP contribution in [0.2, 0.25) is 0 Å². The van der Waals surface area contributed by atoms with Crippen molar-refractivity contribution in [2.24, 2.45) is 0 Å². The maximum absolute atomic E-state index is 13.7. The van der Waals surface area contributed by atoms with E-state index in [-0.39, 0.29) is 5.56 Å². The Balaban J connectivity index is 1.57. The van der Waals surface area contributed by atoms with Crippen molar-refractivity contribution < 1.29 is 13.9 Å². The number of H-pyrrole nitrogens is 1. The molecule has 1 aromatic carbocycles. The van der Waals surface area contributed by atoms with E-state index in [1.807, 2.05) is 6.07 Å². The lowest BCUT2D eigenvalue weighted by molar-refractivity contribution is 0.0942. The van der Waals surface area contributed by atoms with E-state index >= 15 is 0 Å². The summed E-state index contributed by atoms with van der Waals surface area (Å²) in [6.07, 6.45) is 2.65. The van der Waals surface area contributed by atoms with Gasteiger partial charge in [-0.05, 0) is 50.2 Å². The number of β-amino-alcohol motifs (C(OH)–C–C–N with tert-alkyl or cyclic N) is 1. The average molecular weight is 307 g/mol. The second-order valence-electron chi connectivity index (χ2n) is 5.77. The second kappa shape index (κ2) is 6.54. The summed E-state index contributed by atoms with van der Waals surface area (Å²) >= 11 is 0. The standard InChI is InChI=1S/C16H19F2N3O/c17-12-1-2-14(18)13(9-12)16(22)10-21-7-4-11(5-8-21)15-3-6-19-20-15/h1-3,6,9,11,16,22H,4-5,7-8,10H2,(H,19,20)/t16-/m0/s1. The predicted molar refractivity (Wildman–Crippen MR) is 78.3 cm³/mol. The second-order valence-corrected chi connectivity index (χ2v) is 5.77. The number of rotatable bonds is 4. The SMILES string of the molecule is O[C@@H](CN1CCC(c2ccn[nH]2)CC1)c1cc(F)ccc1F. The summed E-state index contributed by atoms with van der Waals surface area (Å²) in [5.41, 5.74) is 1.16. The molecule has 0 unspecified atom stereocenters. The van der Waals surface area contributed by atoms with Gasteiger partial charge >= 0.3 is 0 Å². The van der Waals surface area contributed by atoms with E-state index in [9.17, 15) is 13.9 Å². The summed E-state index contributed by atoms with van der Waals surface area (Å²) in [4.78, 5) is 2.09. The fourth-order valence-electron chi connectivity index (χ4n) is 3.03. The molecule has 22 heavy (non-hydrogen) atoms. The Morgan fingerprint density at radius 3 is 2.73 bits per heavy atom. The molecule has 0 bridgehead atoms. The van der Waals surface area contributed by atoms with E-state index in [0.29, 0.717) is 12.5 Å². The normalized spacial score (nSPS) is 18.5. The van der Waals surface area contributed by atoms with Gasteiger partial charge in [-0.25, -0.2) is 8.78 Å². The summed E-state index contributed by atoms with van der Waals surface area (Å²) < 4.78 is 26.9. The van der Waals surface area contributed by atoms with Crippen LogP contribution in [0.5, 0.6) is 0 Å². The van der Waals surface area contributed by atoms with Crippen molar-refractivity contribution in [1.29, 1.82) is 0 Å². The third kappa shape index (κ3) is 3.34. The Bertz CT molecular complexity index is 610. The van der Waals surface area contributed by atoms with Crippen molar-refractivity contribution in [1.82, 2.24) is 15.1 Å². The molecular formula is C16H19F2N3O. The number of piperidine rings is 1. The molecule has 0 aliphatic carbocycles. The topological polar surface area (TPSA) is 52.1 Å². The van der Waals surface area contributed by atoms with Crippen molar-refractivity contribution in [2.45, 2.75) is 24.9 Å². The number of nitrogens with zero attached hydrogens (tertiary/aromatic N) is 2. The van der Waals surface area contributed by atoms with E-state index in [2.05, 4.69) is 15.1 Å². The van der Waals surface area contributed by atoms with Crippen molar-refractivity contribution in [3.05, 3.63) is 53.4 Å². The molecule has 1 aliphatic rings. The van der Waals surface area contributed by atoms with Gasteiger partial charge in [-0.15, -0.1) is 0 Å². The lowest BCUT2D eigenvalue weighted by atomic mass is 9.93. The summed E-state index contributed by atoms with van der Waals surface area (Å²) in [5.74, 6) is -0.656. The highest BCUT2D eigenvalue weighted by Crippen LogP contribution is 2.28. The first-order valence-electron chi connectivity index (χ1n) is 7.48. The van der Waals surface area contributed by atoms with Crippen LogP contribution in [-0.2, 0) is 0 Å². The molecule has 0 radical (unpaired) electrons. The zero-order valence-electron chi connectivity index (χ0n) is 12.2. The molecule has 118 valence electrons. The number of hydrogen-bond acceptors (Lipinski definition) is 3. The van der Waals surface area contributed by atoms with Gasteiger partial charge in [-0.3, -0.25) is 5.10 Å². The van der Waals surface area contributed by atoms with Gasteiger partial charge in [0, 0.05) is 29.9 Å². The highest BCUT2D eigenvalue weighted by atomic mass is 19.1. The fraction of sp³-hybridized carbons (Fsp3) is 0.438. The zero-order chi connectivity index (χ0) is 15.5. The fourth-order valence-corrected chi connectivity index (χ4v) is 3.03. The first kappa shape index (κ1) is 15.1. The molecule has 4 nitrogen and oxygen atoms in total. The minimum absolute atomic E-state index is 0.0238. The van der Waals surface area contributed by atoms with Crippen molar-refractivity contribution in [2.75, 3.05) is 19.6 Å². The summed E-state index contributed by atoms with van der Waals surface area (Å²) in [7, 11) is 0. The first-order valence-corrected chi connectivity index (χ1v) is 7.48. The van der Waals surface area contributed by atoms with Crippen LogP contribution in [0.1, 0.15) is 36.1 Å². The number of aromatic nitrogens is 2. The van der Waals surface area contributed by atoms with Gasteiger partial charge in [0.2, 0.25) is 0 Å². The van der Waals surface area contributed by atoms with Crippen LogP contribution in [0.3, 0.4) is 0 Å². The molecule has 0 saturated carbocycles. The van der Waals surface area contributed by atoms with Crippen LogP contribution in [0.15, 0.2) is 30.5 Å². The summed E-state index contributed by atoms with van der Waals surface area (Å²) in [6, 6.07) is 5.16. The first-order chi connectivity index (χ1) is 10.6. The minimum atomic E-state index is -1.01. The van der Waals surface area contributed by atoms with Gasteiger partial charge in [0.05, 0.1) is 6.10 Å². The molecule has 2 heterocycles. The van der Waals surface area contributed by atoms with Gasteiger partial charge < -0.3 is 10.0 Å². The number of likely N-dealkylation sites (tertiary alicyclic amines) is 1. The molecule has 0 spiro atoms. The van der Waals surface area contributed by atoms with E-state index in [1.165, 1.54) is 0 Å². The molecule has 1 fully saturated rings. The molecule has 1 aromatic heterocycles. The molecule has 3 rings (SSSR count). The molecule has 2 N–H and O–H groups in total. The Morgan fingerprint density at radius 1 is 1.27 bits per heavy atom. The maximum atomic E-state index is 13.7. The van der Waals surface area contributed by atoms with Crippen LogP contribution in [0.4, 0.5) is 8.78 Å². The number of hydrogen-bond donors (Lipinski definition) is 2. The Labute approximate surface area is 127 Å². The molecule has 1 atom stereocenters. The van der Waals surface area contributed by atoms with E-state index < -0.39 is 17.7 Å². The van der Waals surface area contributed by atoms with Crippen molar-refractivity contribution in [3.63, 3.8) is 0 Å². The molecule has 0 amide bonds. The maximum Gasteiger partial charge on any atom is 0.129 e. The Morgan fingerprint density at radius 2 is 2.05 bits per heavy atom. The van der Waals surface area contributed by atoms with Crippen LogP contribution in [-0.4, -0.2) is 39.8 Å². The average Bonchev–Trinajstić information content (AvgIpc) is 3.05. The predicted octanol–water partition coefficient (Wildman–Crippen LogP) is 2.60. The van der Waals surface area contributed by atoms with Gasteiger partial charge in [0.15, 0.2) is 0 Å². The smallest absolute Gasteiger partial charge is 0.129 e. The largest absolute Gasteiger partial charge is 0.387 e. The van der Waals surface area contributed by atoms with Crippen LogP contribution in [0.25, 0.3) is 0 Å². The number of benzene rings is 1. The van der Waals surface area contributed by atoms with E-state index in [1.54, 1.807) is 6.20 Å². The van der Waals surface area contributed by atoms with Crippen LogP contribution in [0, 0.1) is 11.6 Å². The molecular weight excluding hydrogens is 288 g/mol. The van der Waals surface area contributed by atoms with Gasteiger partial charge in [-0.1, -0.05) is 0 Å². The summed E-state index contributed by atoms with van der Waals surface area (Å²) in [6.45, 7) is 1.95. The quantitative estimate of drug-likeness (QED) is 0.913. The number of aliphatic hydroxyl groups is 1. The van der Waals surface area contributed by atoms with Gasteiger partial charge in [0.1, 0.15) is 11.6 Å². The van der Waals surface area contributed by atoms with Crippen LogP contribution >= 0.6 is 0 Å². The lowest BCUT2D eigenvalue weighted by Crippen LogP contribution is -2.36. The summed E-state index contributed by atoms with van der Waals surface area (Å²) in [5, 5.41) is 17.1. The monoisotopic (exact) mass is 307 g/mol. The number of aromatic amines is 1. The minimum Gasteiger partial charge on any atom is -0.387 e. The molecule has 2 aromatic rings. The zero-order valence-corrected chi connectivity index (χ0v) is 12.2.